The molecule has 2 rings (SSSR count). The number of nitrogens with zero attached hydrogens (tertiary/aromatic N) is 1. The number of aryl methyl sites for hydroxylation is 1. The van der Waals surface area contributed by atoms with Crippen LogP contribution in [0.3, 0.4) is 0 Å². The predicted octanol–water partition coefficient (Wildman–Crippen LogP) is 5.99. The third-order valence-electron chi connectivity index (χ3n) is 7.31. The van der Waals surface area contributed by atoms with Crippen LogP contribution in [0.1, 0.15) is 98.4 Å². The topological polar surface area (TPSA) is 134 Å². The molecule has 4 unspecified atom stereocenters. The number of phenols is 1. The lowest BCUT2D eigenvalue weighted by Crippen LogP contribution is -2.58. The summed E-state index contributed by atoms with van der Waals surface area (Å²) in [5, 5.41) is 16.8. The van der Waals surface area contributed by atoms with Gasteiger partial charge < -0.3 is 30.1 Å². The quantitative estimate of drug-likeness (QED) is 0.243. The van der Waals surface area contributed by atoms with Gasteiger partial charge in [-0.3, -0.25) is 9.59 Å². The third-order valence-corrected chi connectivity index (χ3v) is 7.31. The highest BCUT2D eigenvalue weighted by molar-refractivity contribution is 5.94. The number of alkyl carbamates (subject to hydrolysis) is 1. The largest absolute Gasteiger partial charge is 0.507 e. The van der Waals surface area contributed by atoms with E-state index in [9.17, 15) is 24.3 Å². The van der Waals surface area contributed by atoms with Crippen LogP contribution in [0.25, 0.3) is 0 Å². The van der Waals surface area contributed by atoms with Crippen LogP contribution in [0.5, 0.6) is 5.75 Å². The van der Waals surface area contributed by atoms with Crippen molar-refractivity contribution in [2.24, 2.45) is 5.92 Å². The average molecular weight is 640 g/mol. The first-order chi connectivity index (χ1) is 21.3. The van der Waals surface area contributed by atoms with Crippen LogP contribution in [0.2, 0.25) is 0 Å². The number of amides is 3. The van der Waals surface area contributed by atoms with Crippen molar-refractivity contribution in [3.05, 3.63) is 65.2 Å². The Morgan fingerprint density at radius 3 is 1.96 bits per heavy atom. The molecule has 2 aromatic carbocycles. The van der Waals surface area contributed by atoms with E-state index < -0.39 is 59.2 Å². The second kappa shape index (κ2) is 16.0. The number of benzene rings is 2. The molecule has 3 N–H and O–H groups in total. The molecule has 0 aliphatic heterocycles. The Kier molecular flexibility index (Phi) is 13.2. The van der Waals surface area contributed by atoms with Crippen LogP contribution < -0.4 is 10.6 Å². The zero-order chi connectivity index (χ0) is 35.0. The number of carbonyl (C=O) groups excluding carboxylic acids is 4. The molecule has 0 saturated heterocycles. The third kappa shape index (κ3) is 11.1. The molecule has 0 aliphatic carbocycles. The Balaban J connectivity index is 2.68. The Morgan fingerprint density at radius 1 is 0.848 bits per heavy atom. The zero-order valence-corrected chi connectivity index (χ0v) is 29.3. The molecule has 46 heavy (non-hydrogen) atoms. The zero-order valence-electron chi connectivity index (χ0n) is 29.3. The molecule has 0 bridgehead atoms. The summed E-state index contributed by atoms with van der Waals surface area (Å²) in [6.45, 7) is 19.3. The molecule has 4 atom stereocenters. The lowest BCUT2D eigenvalue weighted by atomic mass is 9.94. The van der Waals surface area contributed by atoms with Crippen LogP contribution in [0.4, 0.5) is 4.79 Å². The Hall–Kier alpha value is -4.08. The molecular formula is C36H53N3O7. The normalized spacial score (nSPS) is 14.4. The number of para-hydroxylation sites is 1. The molecule has 0 saturated carbocycles. The van der Waals surface area contributed by atoms with Crippen molar-refractivity contribution in [1.82, 2.24) is 15.5 Å². The second-order valence-electron chi connectivity index (χ2n) is 14.1. The maximum atomic E-state index is 14.5. The van der Waals surface area contributed by atoms with E-state index in [1.54, 1.807) is 87.4 Å². The predicted molar refractivity (Wildman–Crippen MR) is 178 cm³/mol. The highest BCUT2D eigenvalue weighted by Crippen LogP contribution is 2.34. The van der Waals surface area contributed by atoms with Gasteiger partial charge in [0.05, 0.1) is 0 Å². The Labute approximate surface area is 274 Å². The SMILES string of the molecule is CCC(C)N(C(=O)C(NC(=O)OC(C)(C)C)C(C)C)C(C(=O)NC(Cc1ccccc1)C(=O)OC(C)(C)C)c1cccc(C)c1O. The van der Waals surface area contributed by atoms with Crippen LogP contribution in [-0.4, -0.2) is 63.2 Å². The van der Waals surface area contributed by atoms with E-state index in [0.717, 1.165) is 5.56 Å². The number of carbonyl (C=O) groups is 4. The number of hydrogen-bond donors (Lipinski definition) is 3. The van der Waals surface area contributed by atoms with Gasteiger partial charge in [-0.1, -0.05) is 69.3 Å². The molecule has 0 fully saturated rings. The van der Waals surface area contributed by atoms with E-state index in [4.69, 9.17) is 9.47 Å². The average Bonchev–Trinajstić information content (AvgIpc) is 2.93. The molecule has 0 heterocycles. The van der Waals surface area contributed by atoms with Gasteiger partial charge in [0.15, 0.2) is 0 Å². The minimum absolute atomic E-state index is 0.139. The van der Waals surface area contributed by atoms with Crippen molar-refractivity contribution in [3.8, 4) is 5.75 Å². The van der Waals surface area contributed by atoms with Gasteiger partial charge in [-0.25, -0.2) is 9.59 Å². The Morgan fingerprint density at radius 2 is 1.43 bits per heavy atom. The number of aromatic hydroxyl groups is 1. The molecule has 0 spiro atoms. The molecule has 10 heteroatoms. The molecular weight excluding hydrogens is 586 g/mol. The van der Waals surface area contributed by atoms with Crippen molar-refractivity contribution < 1.29 is 33.8 Å². The summed E-state index contributed by atoms with van der Waals surface area (Å²) < 4.78 is 11.1. The molecule has 254 valence electrons. The highest BCUT2D eigenvalue weighted by Gasteiger charge is 2.42. The monoisotopic (exact) mass is 639 g/mol. The highest BCUT2D eigenvalue weighted by atomic mass is 16.6. The van der Waals surface area contributed by atoms with E-state index in [1.165, 1.54) is 4.90 Å². The number of nitrogens with one attached hydrogen (secondary N) is 2. The maximum Gasteiger partial charge on any atom is 0.408 e. The van der Waals surface area contributed by atoms with Crippen molar-refractivity contribution in [1.29, 1.82) is 0 Å². The molecule has 0 aliphatic rings. The van der Waals surface area contributed by atoms with Crippen molar-refractivity contribution in [3.63, 3.8) is 0 Å². The number of esters is 1. The summed E-state index contributed by atoms with van der Waals surface area (Å²) in [7, 11) is 0. The number of phenolic OH excluding ortho intramolecular Hbond substituents is 1. The smallest absolute Gasteiger partial charge is 0.408 e. The van der Waals surface area contributed by atoms with Gasteiger partial charge >= 0.3 is 12.1 Å². The fourth-order valence-corrected chi connectivity index (χ4v) is 4.89. The molecule has 10 nitrogen and oxygen atoms in total. The first-order valence-corrected chi connectivity index (χ1v) is 15.9. The number of rotatable bonds is 12. The molecule has 0 radical (unpaired) electrons. The lowest BCUT2D eigenvalue weighted by molar-refractivity contribution is -0.159. The second-order valence-corrected chi connectivity index (χ2v) is 14.1. The van der Waals surface area contributed by atoms with E-state index >= 15 is 0 Å². The minimum Gasteiger partial charge on any atom is -0.507 e. The van der Waals surface area contributed by atoms with Crippen molar-refractivity contribution in [2.45, 2.75) is 124 Å². The minimum atomic E-state index is -1.36. The van der Waals surface area contributed by atoms with Gasteiger partial charge in [0.25, 0.3) is 0 Å². The van der Waals surface area contributed by atoms with Gasteiger partial charge in [-0.15, -0.1) is 0 Å². The van der Waals surface area contributed by atoms with Crippen LogP contribution in [-0.2, 0) is 30.3 Å². The fraction of sp³-hybridized carbons (Fsp3) is 0.556. The van der Waals surface area contributed by atoms with Gasteiger partial charge in [0, 0.05) is 18.0 Å². The van der Waals surface area contributed by atoms with Crippen LogP contribution >= 0.6 is 0 Å². The van der Waals surface area contributed by atoms with E-state index in [2.05, 4.69) is 10.6 Å². The number of hydrogen-bond acceptors (Lipinski definition) is 7. The van der Waals surface area contributed by atoms with Crippen LogP contribution in [0, 0.1) is 12.8 Å². The van der Waals surface area contributed by atoms with Gasteiger partial charge in [-0.05, 0) is 78.9 Å². The molecule has 2 aromatic rings. The van der Waals surface area contributed by atoms with Gasteiger partial charge in [-0.2, -0.15) is 0 Å². The maximum absolute atomic E-state index is 14.5. The van der Waals surface area contributed by atoms with Gasteiger partial charge in [0.2, 0.25) is 11.8 Å². The standard InChI is InChI=1S/C36H53N3O7/c1-12-24(5)39(32(42)28(22(2)3)38-34(44)46-36(9,10)11)29(26-20-16-17-23(4)30(26)40)31(41)37-27(33(43)45-35(6,7)8)21-25-18-14-13-15-19-25/h13-20,22,24,27-29,40H,12,21H2,1-11H3,(H,37,41)(H,38,44). The summed E-state index contributed by atoms with van der Waals surface area (Å²) in [5.74, 6) is -2.38. The summed E-state index contributed by atoms with van der Waals surface area (Å²) >= 11 is 0. The summed E-state index contributed by atoms with van der Waals surface area (Å²) in [6.07, 6.45) is -0.171. The number of ether oxygens (including phenoxy) is 2. The van der Waals surface area contributed by atoms with Crippen LogP contribution in [0.15, 0.2) is 48.5 Å². The van der Waals surface area contributed by atoms with E-state index in [1.807, 2.05) is 37.3 Å². The first kappa shape index (κ1) is 38.1. The van der Waals surface area contributed by atoms with Gasteiger partial charge in [0.1, 0.15) is 35.1 Å². The Bertz CT molecular complexity index is 1350. The summed E-state index contributed by atoms with van der Waals surface area (Å²) in [5.41, 5.74) is -0.122. The van der Waals surface area contributed by atoms with E-state index in [-0.39, 0.29) is 23.7 Å². The fourth-order valence-electron chi connectivity index (χ4n) is 4.89. The molecule has 3 amide bonds. The lowest BCUT2D eigenvalue weighted by Gasteiger charge is -2.39. The van der Waals surface area contributed by atoms with Crippen molar-refractivity contribution >= 4 is 23.9 Å². The van der Waals surface area contributed by atoms with Crippen molar-refractivity contribution in [2.75, 3.05) is 0 Å². The molecule has 0 aromatic heterocycles. The first-order valence-electron chi connectivity index (χ1n) is 15.9. The van der Waals surface area contributed by atoms with E-state index in [0.29, 0.717) is 12.0 Å². The summed E-state index contributed by atoms with van der Waals surface area (Å²) in [6, 6.07) is 10.2. The summed E-state index contributed by atoms with van der Waals surface area (Å²) in [4.78, 5) is 56.7.